The van der Waals surface area contributed by atoms with Crippen LogP contribution in [0.2, 0.25) is 0 Å². The van der Waals surface area contributed by atoms with Crippen molar-refractivity contribution < 1.29 is 33.1 Å². The number of rotatable bonds is 17. The number of nitrogens with zero attached hydrogens (tertiary/aromatic N) is 5. The maximum absolute atomic E-state index is 14.0. The predicted molar refractivity (Wildman–Crippen MR) is 183 cm³/mol. The van der Waals surface area contributed by atoms with Gasteiger partial charge in [0.05, 0.1) is 47.1 Å². The molecule has 2 aromatic carbocycles. The molecule has 13 nitrogen and oxygen atoms in total. The minimum Gasteiger partial charge on any atom is -0.411 e. The van der Waals surface area contributed by atoms with E-state index in [0.29, 0.717) is 25.2 Å². The van der Waals surface area contributed by atoms with Gasteiger partial charge in [-0.15, -0.1) is 11.3 Å². The van der Waals surface area contributed by atoms with Crippen molar-refractivity contribution in [1.82, 2.24) is 24.4 Å². The van der Waals surface area contributed by atoms with E-state index >= 15 is 0 Å². The number of hydrogen-bond acceptors (Lipinski definition) is 10. The number of methoxy groups -OCH3 is 1. The number of aliphatic hydroxyl groups excluding tert-OH is 1. The molecule has 0 saturated carbocycles. The van der Waals surface area contributed by atoms with Crippen LogP contribution in [0.1, 0.15) is 35.7 Å². The SMILES string of the molecule is COCCN(C[C@@H](O)[C@H](Cc1ccccc1)NC(=O)[C@H](C(C)C)N1CCN(Cc2csc(C)n2)C1=O)S(=O)(=O)c1ccc(/C=N/O)cc1. The van der Waals surface area contributed by atoms with E-state index in [4.69, 9.17) is 9.94 Å². The van der Waals surface area contributed by atoms with Crippen LogP contribution in [0.3, 0.4) is 0 Å². The molecule has 0 bridgehead atoms. The monoisotopic (exact) mass is 700 g/mol. The third-order valence-electron chi connectivity index (χ3n) is 8.13. The number of nitrogens with one attached hydrogen (secondary N) is 1. The van der Waals surface area contributed by atoms with Crippen molar-refractivity contribution in [1.29, 1.82) is 0 Å². The molecule has 48 heavy (non-hydrogen) atoms. The number of aromatic nitrogens is 1. The molecule has 15 heteroatoms. The molecule has 3 amide bonds. The molecule has 1 fully saturated rings. The quantitative estimate of drug-likeness (QED) is 0.110. The van der Waals surface area contributed by atoms with E-state index in [1.54, 1.807) is 9.80 Å². The highest BCUT2D eigenvalue weighted by atomic mass is 32.2. The van der Waals surface area contributed by atoms with Crippen LogP contribution in [-0.2, 0) is 32.5 Å². The van der Waals surface area contributed by atoms with Gasteiger partial charge in [0.15, 0.2) is 0 Å². The smallest absolute Gasteiger partial charge is 0.321 e. The number of aliphatic hydroxyl groups is 1. The maximum atomic E-state index is 14.0. The molecule has 2 heterocycles. The normalized spacial score (nSPS) is 15.9. The lowest BCUT2D eigenvalue weighted by atomic mass is 9.98. The topological polar surface area (TPSA) is 165 Å². The number of amides is 3. The first-order chi connectivity index (χ1) is 22.9. The number of benzene rings is 2. The fourth-order valence-electron chi connectivity index (χ4n) is 5.69. The minimum absolute atomic E-state index is 0.0191. The van der Waals surface area contributed by atoms with Crippen LogP contribution < -0.4 is 5.32 Å². The van der Waals surface area contributed by atoms with Gasteiger partial charge in [-0.2, -0.15) is 4.31 Å². The van der Waals surface area contributed by atoms with Crippen molar-refractivity contribution in [3.8, 4) is 0 Å². The highest BCUT2D eigenvalue weighted by Gasteiger charge is 2.40. The number of thiazole rings is 1. The molecular weight excluding hydrogens is 657 g/mol. The second-order valence-corrected chi connectivity index (χ2v) is 15.0. The summed E-state index contributed by atoms with van der Waals surface area (Å²) in [5, 5.41) is 29.3. The lowest BCUT2D eigenvalue weighted by Gasteiger charge is -2.34. The first-order valence-electron chi connectivity index (χ1n) is 15.7. The molecule has 0 radical (unpaired) electrons. The van der Waals surface area contributed by atoms with Gasteiger partial charge in [-0.25, -0.2) is 18.2 Å². The molecular formula is C33H44N6O7S2. The van der Waals surface area contributed by atoms with Gasteiger partial charge >= 0.3 is 6.03 Å². The van der Waals surface area contributed by atoms with Crippen molar-refractivity contribution in [3.05, 3.63) is 81.8 Å². The second-order valence-electron chi connectivity index (χ2n) is 12.0. The molecule has 260 valence electrons. The number of urea groups is 1. The Hall–Kier alpha value is -3.89. The Labute approximate surface area is 285 Å². The molecule has 0 spiro atoms. The van der Waals surface area contributed by atoms with Crippen molar-refractivity contribution in [2.45, 2.75) is 56.8 Å². The molecule has 0 aliphatic carbocycles. The Balaban J connectivity index is 1.56. The summed E-state index contributed by atoms with van der Waals surface area (Å²) in [4.78, 5) is 35.2. The van der Waals surface area contributed by atoms with Crippen LogP contribution in [0.4, 0.5) is 4.79 Å². The largest absolute Gasteiger partial charge is 0.411 e. The van der Waals surface area contributed by atoms with Crippen molar-refractivity contribution in [3.63, 3.8) is 0 Å². The average molecular weight is 701 g/mol. The average Bonchev–Trinajstić information content (AvgIpc) is 3.63. The lowest BCUT2D eigenvalue weighted by Crippen LogP contribution is -2.57. The number of carbonyl (C=O) groups excluding carboxylic acids is 2. The van der Waals surface area contributed by atoms with Crippen LogP contribution >= 0.6 is 11.3 Å². The van der Waals surface area contributed by atoms with Crippen LogP contribution in [0.25, 0.3) is 0 Å². The number of hydrogen-bond donors (Lipinski definition) is 3. The summed E-state index contributed by atoms with van der Waals surface area (Å²) in [6, 6.07) is 13.1. The van der Waals surface area contributed by atoms with Gasteiger partial charge < -0.3 is 30.2 Å². The third-order valence-corrected chi connectivity index (χ3v) is 10.8. The van der Waals surface area contributed by atoms with Crippen LogP contribution in [0, 0.1) is 12.8 Å². The minimum atomic E-state index is -4.10. The van der Waals surface area contributed by atoms with E-state index in [1.807, 2.05) is 56.5 Å². The molecule has 1 aromatic heterocycles. The molecule has 0 unspecified atom stereocenters. The van der Waals surface area contributed by atoms with Gasteiger partial charge in [0.25, 0.3) is 0 Å². The maximum Gasteiger partial charge on any atom is 0.321 e. The fraction of sp³-hybridized carbons (Fsp3) is 0.455. The molecule has 1 aliphatic heterocycles. The summed E-state index contributed by atoms with van der Waals surface area (Å²) in [5.74, 6) is -0.681. The van der Waals surface area contributed by atoms with Crippen molar-refractivity contribution in [2.24, 2.45) is 11.1 Å². The number of oxime groups is 1. The second kappa shape index (κ2) is 17.0. The summed E-state index contributed by atoms with van der Waals surface area (Å²) < 4.78 is 33.8. The fourth-order valence-corrected chi connectivity index (χ4v) is 7.73. The Morgan fingerprint density at radius 2 is 1.88 bits per heavy atom. The van der Waals surface area contributed by atoms with Gasteiger partial charge in [0.2, 0.25) is 15.9 Å². The molecule has 3 atom stereocenters. The van der Waals surface area contributed by atoms with E-state index in [-0.39, 0.29) is 43.0 Å². The van der Waals surface area contributed by atoms with Crippen LogP contribution in [0.5, 0.6) is 0 Å². The van der Waals surface area contributed by atoms with Gasteiger partial charge in [-0.05, 0) is 42.5 Å². The Morgan fingerprint density at radius 1 is 1.17 bits per heavy atom. The summed E-state index contributed by atoms with van der Waals surface area (Å²) in [7, 11) is -2.65. The van der Waals surface area contributed by atoms with Crippen LogP contribution in [-0.4, -0.2) is 114 Å². The molecule has 3 N–H and O–H groups in total. The van der Waals surface area contributed by atoms with Crippen LogP contribution in [0.15, 0.2) is 70.0 Å². The van der Waals surface area contributed by atoms with E-state index < -0.39 is 34.1 Å². The lowest BCUT2D eigenvalue weighted by molar-refractivity contribution is -0.128. The first-order valence-corrected chi connectivity index (χ1v) is 18.0. The van der Waals surface area contributed by atoms with Gasteiger partial charge in [-0.1, -0.05) is 61.5 Å². The number of ether oxygens (including phenoxy) is 1. The van der Waals surface area contributed by atoms with Crippen molar-refractivity contribution >= 4 is 39.5 Å². The van der Waals surface area contributed by atoms with Gasteiger partial charge in [0.1, 0.15) is 6.04 Å². The van der Waals surface area contributed by atoms with E-state index in [2.05, 4.69) is 15.5 Å². The standard InChI is InChI=1S/C33H44N6O7S2/c1-23(2)31(39-15-14-37(33(39)42)20-27-22-47-24(3)35-27)32(41)36-29(18-25-8-6-5-7-9-25)30(40)21-38(16-17-46-4)48(44,45)28-12-10-26(11-13-28)19-34-43/h5-13,19,22-23,29-31,40,43H,14-18,20-21H2,1-4H3,(H,36,41)/b34-19+/t29-,30+,31-/m0/s1. The molecule has 1 saturated heterocycles. The molecule has 4 rings (SSSR count). The zero-order valence-corrected chi connectivity index (χ0v) is 29.2. The van der Waals surface area contributed by atoms with Crippen molar-refractivity contribution in [2.75, 3.05) is 39.9 Å². The van der Waals surface area contributed by atoms with E-state index in [0.717, 1.165) is 20.6 Å². The van der Waals surface area contributed by atoms with E-state index in [1.165, 1.54) is 48.9 Å². The zero-order valence-electron chi connectivity index (χ0n) is 27.6. The third kappa shape index (κ3) is 9.38. The molecule has 3 aromatic rings. The number of aryl methyl sites for hydroxylation is 1. The highest BCUT2D eigenvalue weighted by Crippen LogP contribution is 2.23. The van der Waals surface area contributed by atoms with Gasteiger partial charge in [-0.3, -0.25) is 4.79 Å². The zero-order chi connectivity index (χ0) is 34.8. The highest BCUT2D eigenvalue weighted by molar-refractivity contribution is 7.89. The van der Waals surface area contributed by atoms with E-state index in [9.17, 15) is 23.1 Å². The first kappa shape index (κ1) is 36.9. The summed E-state index contributed by atoms with van der Waals surface area (Å²) >= 11 is 1.52. The summed E-state index contributed by atoms with van der Waals surface area (Å²) in [5.41, 5.74) is 2.13. The Kier molecular flexibility index (Phi) is 13.1. The summed E-state index contributed by atoms with van der Waals surface area (Å²) in [6.45, 7) is 6.48. The van der Waals surface area contributed by atoms with Gasteiger partial charge in [0, 0.05) is 38.7 Å². The number of sulfonamides is 1. The predicted octanol–water partition coefficient (Wildman–Crippen LogP) is 2.95. The Morgan fingerprint density at radius 3 is 2.48 bits per heavy atom. The number of carbonyl (C=O) groups is 2. The Bertz CT molecular complexity index is 1630. The molecule has 1 aliphatic rings. The summed E-state index contributed by atoms with van der Waals surface area (Å²) in [6.07, 6.45) is 0.0713.